The van der Waals surface area contributed by atoms with Gasteiger partial charge in [0, 0.05) is 44.1 Å². The van der Waals surface area contributed by atoms with Gasteiger partial charge in [0.2, 0.25) is 5.91 Å². The molecule has 0 aromatic carbocycles. The number of nitrogens with one attached hydrogen (secondary N) is 2. The maximum absolute atomic E-state index is 12.3. The summed E-state index contributed by atoms with van der Waals surface area (Å²) in [5, 5.41) is 6.23. The van der Waals surface area contributed by atoms with E-state index in [-0.39, 0.29) is 17.9 Å². The molecule has 2 atom stereocenters. The van der Waals surface area contributed by atoms with Crippen molar-refractivity contribution in [2.75, 3.05) is 26.2 Å². The van der Waals surface area contributed by atoms with Crippen LogP contribution in [0.4, 0.5) is 0 Å². The Hall–Kier alpha value is -1.95. The van der Waals surface area contributed by atoms with Gasteiger partial charge in [0.1, 0.15) is 0 Å². The highest BCUT2D eigenvalue weighted by Crippen LogP contribution is 2.18. The third kappa shape index (κ3) is 3.44. The average molecular weight is 302 g/mol. The van der Waals surface area contributed by atoms with Crippen LogP contribution in [0.5, 0.6) is 0 Å². The molecule has 0 bridgehead atoms. The lowest BCUT2D eigenvalue weighted by Gasteiger charge is -2.20. The van der Waals surface area contributed by atoms with Crippen molar-refractivity contribution in [3.05, 3.63) is 30.1 Å². The number of likely N-dealkylation sites (tertiary alicyclic amines) is 1. The number of aromatic nitrogens is 1. The second-order valence-electron chi connectivity index (χ2n) is 6.04. The van der Waals surface area contributed by atoms with Crippen LogP contribution < -0.4 is 10.6 Å². The number of hydrogen-bond acceptors (Lipinski definition) is 4. The number of carbonyl (C=O) groups excluding carboxylic acids is 2. The number of amides is 2. The molecular formula is C16H22N4O2. The van der Waals surface area contributed by atoms with Crippen LogP contribution in [0, 0.1) is 5.92 Å². The first-order valence-corrected chi connectivity index (χ1v) is 7.94. The van der Waals surface area contributed by atoms with Crippen molar-refractivity contribution < 1.29 is 9.59 Å². The fraction of sp³-hybridized carbons (Fsp3) is 0.562. The Labute approximate surface area is 130 Å². The molecule has 3 heterocycles. The van der Waals surface area contributed by atoms with Gasteiger partial charge >= 0.3 is 0 Å². The molecule has 2 aliphatic rings. The van der Waals surface area contributed by atoms with Gasteiger partial charge in [-0.25, -0.2) is 0 Å². The fourth-order valence-corrected chi connectivity index (χ4v) is 3.15. The highest BCUT2D eigenvalue weighted by atomic mass is 16.2. The van der Waals surface area contributed by atoms with Crippen molar-refractivity contribution in [2.24, 2.45) is 5.92 Å². The van der Waals surface area contributed by atoms with Crippen molar-refractivity contribution in [3.8, 4) is 0 Å². The van der Waals surface area contributed by atoms with Crippen LogP contribution in [-0.2, 0) is 4.79 Å². The van der Waals surface area contributed by atoms with Gasteiger partial charge in [-0.2, -0.15) is 0 Å². The lowest BCUT2D eigenvalue weighted by atomic mass is 10.0. The first-order chi connectivity index (χ1) is 10.7. The summed E-state index contributed by atoms with van der Waals surface area (Å²) >= 11 is 0. The van der Waals surface area contributed by atoms with E-state index < -0.39 is 0 Å². The van der Waals surface area contributed by atoms with Crippen molar-refractivity contribution in [3.63, 3.8) is 0 Å². The molecule has 3 rings (SSSR count). The van der Waals surface area contributed by atoms with E-state index in [0.29, 0.717) is 18.0 Å². The van der Waals surface area contributed by atoms with Gasteiger partial charge in [0.25, 0.3) is 5.91 Å². The molecule has 22 heavy (non-hydrogen) atoms. The molecule has 2 aliphatic heterocycles. The summed E-state index contributed by atoms with van der Waals surface area (Å²) in [5.74, 6) is 0.444. The van der Waals surface area contributed by atoms with Gasteiger partial charge in [-0.3, -0.25) is 14.6 Å². The van der Waals surface area contributed by atoms with Gasteiger partial charge < -0.3 is 15.5 Å². The molecule has 1 aromatic heterocycles. The molecule has 0 spiro atoms. The second kappa shape index (κ2) is 6.87. The zero-order valence-corrected chi connectivity index (χ0v) is 12.6. The Kier molecular flexibility index (Phi) is 4.68. The minimum absolute atomic E-state index is 0.0825. The molecule has 6 nitrogen and oxygen atoms in total. The average Bonchev–Trinajstić information content (AvgIpc) is 3.24. The van der Waals surface area contributed by atoms with Gasteiger partial charge in [-0.05, 0) is 37.3 Å². The highest BCUT2D eigenvalue weighted by Gasteiger charge is 2.33. The van der Waals surface area contributed by atoms with Crippen LogP contribution in [0.2, 0.25) is 0 Å². The quantitative estimate of drug-likeness (QED) is 0.845. The third-order valence-electron chi connectivity index (χ3n) is 4.43. The molecule has 2 N–H and O–H groups in total. The smallest absolute Gasteiger partial charge is 0.251 e. The zero-order valence-electron chi connectivity index (χ0n) is 12.6. The summed E-state index contributed by atoms with van der Waals surface area (Å²) in [6, 6.07) is 3.31. The van der Waals surface area contributed by atoms with Crippen LogP contribution in [0.25, 0.3) is 0 Å². The lowest BCUT2D eigenvalue weighted by molar-refractivity contribution is -0.132. The Morgan fingerprint density at radius 3 is 2.73 bits per heavy atom. The number of hydrogen-bond donors (Lipinski definition) is 2. The molecule has 1 aromatic rings. The fourth-order valence-electron chi connectivity index (χ4n) is 3.15. The SMILES string of the molecule is O=C(NC[C@@H]1CN[C@H](C(=O)N2CCCC2)C1)c1ccncc1. The molecule has 0 radical (unpaired) electrons. The van der Waals surface area contributed by atoms with Gasteiger partial charge in [-0.1, -0.05) is 0 Å². The Balaban J connectivity index is 1.45. The lowest BCUT2D eigenvalue weighted by Crippen LogP contribution is -2.42. The molecule has 2 amide bonds. The van der Waals surface area contributed by atoms with Gasteiger partial charge in [-0.15, -0.1) is 0 Å². The predicted molar refractivity (Wildman–Crippen MR) is 82.3 cm³/mol. The van der Waals surface area contributed by atoms with Crippen LogP contribution in [0.1, 0.15) is 29.6 Å². The summed E-state index contributed by atoms with van der Waals surface area (Å²) < 4.78 is 0. The second-order valence-corrected chi connectivity index (χ2v) is 6.04. The summed E-state index contributed by atoms with van der Waals surface area (Å²) in [7, 11) is 0. The van der Waals surface area contributed by atoms with Crippen molar-refractivity contribution in [1.82, 2.24) is 20.5 Å². The molecule has 2 fully saturated rings. The number of carbonyl (C=O) groups is 2. The van der Waals surface area contributed by atoms with E-state index in [1.54, 1.807) is 24.5 Å². The first kappa shape index (κ1) is 15.0. The molecule has 6 heteroatoms. The number of rotatable bonds is 4. The maximum atomic E-state index is 12.3. The van der Waals surface area contributed by atoms with Crippen LogP contribution >= 0.6 is 0 Å². The van der Waals surface area contributed by atoms with E-state index in [1.807, 2.05) is 4.90 Å². The highest BCUT2D eigenvalue weighted by molar-refractivity contribution is 5.93. The Morgan fingerprint density at radius 1 is 1.27 bits per heavy atom. The van der Waals surface area contributed by atoms with E-state index >= 15 is 0 Å². The Bertz CT molecular complexity index is 528. The van der Waals surface area contributed by atoms with E-state index in [2.05, 4.69) is 15.6 Å². The van der Waals surface area contributed by atoms with Crippen molar-refractivity contribution in [1.29, 1.82) is 0 Å². The van der Waals surface area contributed by atoms with Crippen LogP contribution in [-0.4, -0.2) is 53.9 Å². The molecule has 118 valence electrons. The number of pyridine rings is 1. The minimum Gasteiger partial charge on any atom is -0.352 e. The summed E-state index contributed by atoms with van der Waals surface area (Å²) in [4.78, 5) is 30.2. The number of nitrogens with zero attached hydrogens (tertiary/aromatic N) is 2. The van der Waals surface area contributed by atoms with Crippen molar-refractivity contribution in [2.45, 2.75) is 25.3 Å². The van der Waals surface area contributed by atoms with E-state index in [4.69, 9.17) is 0 Å². The predicted octanol–water partition coefficient (Wildman–Crippen LogP) is 0.412. The summed E-state index contributed by atoms with van der Waals surface area (Å²) in [6.07, 6.45) is 6.24. The van der Waals surface area contributed by atoms with Gasteiger partial charge in [0.15, 0.2) is 0 Å². The van der Waals surface area contributed by atoms with E-state index in [1.165, 1.54) is 0 Å². The minimum atomic E-state index is -0.0864. The van der Waals surface area contributed by atoms with Crippen LogP contribution in [0.15, 0.2) is 24.5 Å². The summed E-state index contributed by atoms with van der Waals surface area (Å²) in [5.41, 5.74) is 0.616. The van der Waals surface area contributed by atoms with Crippen LogP contribution in [0.3, 0.4) is 0 Å². The first-order valence-electron chi connectivity index (χ1n) is 7.94. The molecular weight excluding hydrogens is 280 g/mol. The summed E-state index contributed by atoms with van der Waals surface area (Å²) in [6.45, 7) is 3.15. The Morgan fingerprint density at radius 2 is 2.00 bits per heavy atom. The molecule has 0 saturated carbocycles. The molecule has 0 aliphatic carbocycles. The normalized spacial score (nSPS) is 24.5. The third-order valence-corrected chi connectivity index (χ3v) is 4.43. The van der Waals surface area contributed by atoms with E-state index in [9.17, 15) is 9.59 Å². The van der Waals surface area contributed by atoms with E-state index in [0.717, 1.165) is 38.9 Å². The maximum Gasteiger partial charge on any atom is 0.251 e. The monoisotopic (exact) mass is 302 g/mol. The van der Waals surface area contributed by atoms with Gasteiger partial charge in [0.05, 0.1) is 6.04 Å². The zero-order chi connectivity index (χ0) is 15.4. The standard InChI is InChI=1S/C16H22N4O2/c21-15(13-3-5-17-6-4-13)19-11-12-9-14(18-10-12)16(22)20-7-1-2-8-20/h3-6,12,14,18H,1-2,7-11H2,(H,19,21)/t12-,14-/m0/s1. The topological polar surface area (TPSA) is 74.3 Å². The molecule has 2 saturated heterocycles. The van der Waals surface area contributed by atoms with Crippen molar-refractivity contribution >= 4 is 11.8 Å². The molecule has 0 unspecified atom stereocenters. The largest absolute Gasteiger partial charge is 0.352 e.